The van der Waals surface area contributed by atoms with Gasteiger partial charge in [-0.2, -0.15) is 0 Å². The number of methoxy groups -OCH3 is 1. The van der Waals surface area contributed by atoms with Crippen LogP contribution in [0.2, 0.25) is 0 Å². The Kier molecular flexibility index (Phi) is 10.6. The van der Waals surface area contributed by atoms with Crippen LogP contribution in [0.4, 0.5) is 5.69 Å². The van der Waals surface area contributed by atoms with Gasteiger partial charge < -0.3 is 34.4 Å². The van der Waals surface area contributed by atoms with E-state index in [9.17, 15) is 19.5 Å². The molecule has 3 aromatic rings. The van der Waals surface area contributed by atoms with Crippen LogP contribution in [-0.2, 0) is 33.4 Å². The third-order valence-corrected chi connectivity index (χ3v) is 11.2. The zero-order chi connectivity index (χ0) is 36.4. The number of amides is 3. The fourth-order valence-electron chi connectivity index (χ4n) is 8.12. The van der Waals surface area contributed by atoms with E-state index >= 15 is 4.79 Å². The first-order valence-electron chi connectivity index (χ1n) is 17.7. The van der Waals surface area contributed by atoms with E-state index in [4.69, 9.17) is 14.2 Å². The van der Waals surface area contributed by atoms with Crippen molar-refractivity contribution in [3.05, 3.63) is 101 Å². The van der Waals surface area contributed by atoms with Crippen molar-refractivity contribution < 1.29 is 38.5 Å². The maximum Gasteiger partial charge on any atom is 0.313 e. The summed E-state index contributed by atoms with van der Waals surface area (Å²) < 4.78 is 19.1. The molecule has 12 heteroatoms. The highest BCUT2D eigenvalue weighted by atomic mass is 79.9. The van der Waals surface area contributed by atoms with E-state index in [1.807, 2.05) is 84.9 Å². The third-order valence-electron chi connectivity index (χ3n) is 10.5. The molecule has 2 N–H and O–H groups in total. The number of ether oxygens (including phenoxy) is 3. The van der Waals surface area contributed by atoms with Crippen molar-refractivity contribution in [2.24, 2.45) is 11.8 Å². The molecule has 1 spiro atoms. The Morgan fingerprint density at radius 1 is 0.942 bits per heavy atom. The predicted octanol–water partition coefficient (Wildman–Crippen LogP) is 4.58. The van der Waals surface area contributed by atoms with Gasteiger partial charge in [0.1, 0.15) is 29.8 Å². The Labute approximate surface area is 310 Å². The molecule has 4 aliphatic heterocycles. The molecule has 3 amide bonds. The monoisotopic (exact) mass is 771 g/mol. The van der Waals surface area contributed by atoms with Gasteiger partial charge in [0.05, 0.1) is 18.6 Å². The summed E-state index contributed by atoms with van der Waals surface area (Å²) in [7, 11) is 1.51. The van der Waals surface area contributed by atoms with Crippen molar-refractivity contribution in [3.63, 3.8) is 0 Å². The smallest absolute Gasteiger partial charge is 0.313 e. The third kappa shape index (κ3) is 6.57. The minimum atomic E-state index is -1.46. The molecule has 0 saturated carbocycles. The summed E-state index contributed by atoms with van der Waals surface area (Å²) in [6.45, 7) is 0.343. The van der Waals surface area contributed by atoms with Crippen LogP contribution in [0.1, 0.15) is 37.4 Å². The highest BCUT2D eigenvalue weighted by Gasteiger charge is 2.75. The zero-order valence-corrected chi connectivity index (χ0v) is 30.4. The molecular weight excluding hydrogens is 730 g/mol. The second-order valence-corrected chi connectivity index (χ2v) is 14.6. The molecule has 4 heterocycles. The number of nitrogens with zero attached hydrogens (tertiary/aromatic N) is 2. The molecule has 7 atom stereocenters. The first-order chi connectivity index (χ1) is 25.3. The fourth-order valence-corrected chi connectivity index (χ4v) is 8.86. The number of cyclic esters (lactones) is 1. The van der Waals surface area contributed by atoms with Gasteiger partial charge in [-0.3, -0.25) is 19.2 Å². The molecule has 0 aliphatic carbocycles. The average molecular weight is 773 g/mol. The minimum Gasteiger partial charge on any atom is -0.455 e. The van der Waals surface area contributed by atoms with Crippen LogP contribution in [0.15, 0.2) is 95.5 Å². The van der Waals surface area contributed by atoms with Crippen molar-refractivity contribution in [1.82, 2.24) is 10.2 Å². The number of halogens is 1. The van der Waals surface area contributed by atoms with Crippen molar-refractivity contribution in [3.8, 4) is 0 Å². The van der Waals surface area contributed by atoms with E-state index in [1.54, 1.807) is 11.0 Å². The SMILES string of the molecule is COC[C@@H]1NC(=O)CC/C=C\CN(c2ccc3ccccc3c2)C(=O)[C@H]2N(CCCCO)C(=O)[C@@H]3[C@@H](C(=O)O[C@H]1c1ccccc1)[C@@H]1O[C@@]32C=C1Br. The van der Waals surface area contributed by atoms with Crippen LogP contribution in [0.25, 0.3) is 10.8 Å². The molecular formula is C40H42BrN3O8. The predicted molar refractivity (Wildman–Crippen MR) is 197 cm³/mol. The Hall–Kier alpha value is -4.36. The summed E-state index contributed by atoms with van der Waals surface area (Å²) in [5.74, 6) is -3.82. The number of anilines is 1. The van der Waals surface area contributed by atoms with E-state index in [-0.39, 0.29) is 50.4 Å². The molecule has 2 saturated heterocycles. The summed E-state index contributed by atoms with van der Waals surface area (Å²) in [6, 6.07) is 20.9. The van der Waals surface area contributed by atoms with Gasteiger partial charge in [-0.15, -0.1) is 0 Å². The number of unbranched alkanes of at least 4 members (excludes halogenated alkanes) is 1. The van der Waals surface area contributed by atoms with Crippen LogP contribution >= 0.6 is 15.9 Å². The van der Waals surface area contributed by atoms with Gasteiger partial charge in [0.2, 0.25) is 11.8 Å². The molecule has 2 fully saturated rings. The number of allylic oxidation sites excluding steroid dienone is 1. The first kappa shape index (κ1) is 36.0. The maximum atomic E-state index is 15.2. The molecule has 5 bridgehead atoms. The summed E-state index contributed by atoms with van der Waals surface area (Å²) in [6.07, 6.45) is 5.12. The fraction of sp³-hybridized carbons (Fsp3) is 0.400. The Bertz CT molecular complexity index is 1900. The minimum absolute atomic E-state index is 0.0604. The van der Waals surface area contributed by atoms with E-state index in [0.29, 0.717) is 35.0 Å². The molecule has 0 unspecified atom stereocenters. The number of esters is 1. The van der Waals surface area contributed by atoms with Gasteiger partial charge in [0, 0.05) is 43.4 Å². The van der Waals surface area contributed by atoms with Crippen molar-refractivity contribution in [1.29, 1.82) is 0 Å². The standard InChI is InChI=1S/C40H42BrN3O8/c1-50-24-30-34(26-13-4-2-5-14-26)51-39(49)32-33-37(47)44(20-10-11-21-45)36(40(33)23-29(41)35(32)52-40)38(48)43(19-9-3-6-16-31(46)42-30)28-18-17-25-12-7-8-15-27(25)22-28/h2-5,7-9,12-15,17-18,22-23,30,32-36,45H,6,10-11,16,19-21,24H2,1H3,(H,42,46)/b9-3-/t30-,32+,33-,34-,35+,36+,40-/m0/s1. The topological polar surface area (TPSA) is 135 Å². The van der Waals surface area contributed by atoms with Crippen LogP contribution in [0, 0.1) is 11.8 Å². The summed E-state index contributed by atoms with van der Waals surface area (Å²) in [4.78, 5) is 60.8. The van der Waals surface area contributed by atoms with Crippen molar-refractivity contribution in [2.75, 3.05) is 38.3 Å². The second kappa shape index (κ2) is 15.3. The number of likely N-dealkylation sites (tertiary alicyclic amines) is 1. The van der Waals surface area contributed by atoms with Crippen LogP contribution < -0.4 is 10.2 Å². The average Bonchev–Trinajstić information content (AvgIpc) is 3.74. The zero-order valence-electron chi connectivity index (χ0n) is 28.9. The Balaban J connectivity index is 1.35. The highest BCUT2D eigenvalue weighted by molar-refractivity contribution is 9.11. The second-order valence-electron chi connectivity index (χ2n) is 13.7. The highest BCUT2D eigenvalue weighted by Crippen LogP contribution is 2.59. The number of hydrogen-bond donors (Lipinski definition) is 2. The van der Waals surface area contributed by atoms with Crippen molar-refractivity contribution in [2.45, 2.75) is 55.6 Å². The van der Waals surface area contributed by atoms with Gasteiger partial charge >= 0.3 is 5.97 Å². The van der Waals surface area contributed by atoms with Crippen LogP contribution in [0.3, 0.4) is 0 Å². The molecule has 4 aliphatic rings. The van der Waals surface area contributed by atoms with Crippen molar-refractivity contribution >= 4 is 56.1 Å². The van der Waals surface area contributed by atoms with Gasteiger partial charge in [0.25, 0.3) is 5.91 Å². The molecule has 52 heavy (non-hydrogen) atoms. The number of benzene rings is 3. The lowest BCUT2D eigenvalue weighted by Gasteiger charge is -2.36. The largest absolute Gasteiger partial charge is 0.455 e. The quantitative estimate of drug-likeness (QED) is 0.193. The number of carbonyl (C=O) groups is 4. The Morgan fingerprint density at radius 3 is 2.48 bits per heavy atom. The lowest BCUT2D eigenvalue weighted by Crippen LogP contribution is -2.56. The number of carbonyl (C=O) groups excluding carboxylic acids is 4. The summed E-state index contributed by atoms with van der Waals surface area (Å²) >= 11 is 3.63. The molecule has 7 rings (SSSR count). The number of nitrogens with one attached hydrogen (secondary N) is 1. The Morgan fingerprint density at radius 2 is 1.71 bits per heavy atom. The first-order valence-corrected chi connectivity index (χ1v) is 18.5. The molecule has 11 nitrogen and oxygen atoms in total. The van der Waals surface area contributed by atoms with Gasteiger partial charge in [0.15, 0.2) is 0 Å². The number of aliphatic hydroxyl groups is 1. The molecule has 0 aromatic heterocycles. The van der Waals surface area contributed by atoms with E-state index in [1.165, 1.54) is 12.0 Å². The van der Waals surface area contributed by atoms with E-state index in [0.717, 1.165) is 10.8 Å². The summed E-state index contributed by atoms with van der Waals surface area (Å²) in [5, 5.41) is 14.6. The van der Waals surface area contributed by atoms with E-state index < -0.39 is 47.7 Å². The van der Waals surface area contributed by atoms with Gasteiger partial charge in [-0.05, 0) is 53.8 Å². The van der Waals surface area contributed by atoms with Gasteiger partial charge in [-0.1, -0.05) is 88.7 Å². The molecule has 0 radical (unpaired) electrons. The lowest BCUT2D eigenvalue weighted by molar-refractivity contribution is -0.162. The molecule has 272 valence electrons. The normalized spacial score (nSPS) is 29.9. The number of aliphatic hydroxyl groups excluding tert-OH is 1. The summed E-state index contributed by atoms with van der Waals surface area (Å²) in [5.41, 5.74) is -0.187. The van der Waals surface area contributed by atoms with E-state index in [2.05, 4.69) is 21.2 Å². The lowest BCUT2D eigenvalue weighted by atomic mass is 9.74. The number of rotatable bonds is 8. The van der Waals surface area contributed by atoms with Crippen LogP contribution in [-0.4, -0.2) is 90.9 Å². The van der Waals surface area contributed by atoms with Crippen LogP contribution in [0.5, 0.6) is 0 Å². The van der Waals surface area contributed by atoms with Gasteiger partial charge in [-0.25, -0.2) is 0 Å². The number of hydrogen-bond acceptors (Lipinski definition) is 8. The molecule has 3 aromatic carbocycles. The maximum absolute atomic E-state index is 15.2. The number of fused-ring (bicyclic) bond motifs is 3.